The van der Waals surface area contributed by atoms with Gasteiger partial charge in [0.25, 0.3) is 0 Å². The summed E-state index contributed by atoms with van der Waals surface area (Å²) in [4.78, 5) is 2.05. The highest BCUT2D eigenvalue weighted by molar-refractivity contribution is 5.49. The van der Waals surface area contributed by atoms with Crippen LogP contribution in [0, 0.1) is 11.7 Å². The van der Waals surface area contributed by atoms with Gasteiger partial charge in [-0.2, -0.15) is 0 Å². The molecule has 24 heavy (non-hydrogen) atoms. The Morgan fingerprint density at radius 2 is 2.12 bits per heavy atom. The van der Waals surface area contributed by atoms with E-state index >= 15 is 0 Å². The van der Waals surface area contributed by atoms with Crippen molar-refractivity contribution in [1.82, 2.24) is 5.32 Å². The van der Waals surface area contributed by atoms with Gasteiger partial charge in [-0.3, -0.25) is 0 Å². The van der Waals surface area contributed by atoms with Crippen molar-refractivity contribution < 1.29 is 14.2 Å². The van der Waals surface area contributed by atoms with Crippen molar-refractivity contribution in [3.05, 3.63) is 29.6 Å². The molecule has 2 N–H and O–H groups in total. The molecule has 3 unspecified atom stereocenters. The molecule has 1 aromatic carbocycles. The number of nitrogens with one attached hydrogen (secondary N) is 1. The first-order valence-electron chi connectivity index (χ1n) is 9.17. The Morgan fingerprint density at radius 3 is 2.83 bits per heavy atom. The third-order valence-electron chi connectivity index (χ3n) is 5.29. The monoisotopic (exact) mass is 336 g/mol. The van der Waals surface area contributed by atoms with Crippen LogP contribution in [0.1, 0.15) is 44.2 Å². The number of ether oxygens (including phenoxy) is 1. The van der Waals surface area contributed by atoms with E-state index in [-0.39, 0.29) is 18.0 Å². The lowest BCUT2D eigenvalue weighted by atomic mass is 9.87. The number of hydrogen-bond donors (Lipinski definition) is 2. The largest absolute Gasteiger partial charge is 0.393 e. The van der Waals surface area contributed by atoms with Crippen LogP contribution in [-0.4, -0.2) is 44.1 Å². The fourth-order valence-electron chi connectivity index (χ4n) is 3.76. The SMILES string of the molecule is CC(NCC1CCCC(O)C1)c1ccc(N2CCOCC2)c(F)c1. The molecule has 2 fully saturated rings. The van der Waals surface area contributed by atoms with E-state index in [1.165, 1.54) is 6.42 Å². The summed E-state index contributed by atoms with van der Waals surface area (Å²) < 4.78 is 19.8. The molecule has 3 rings (SSSR count). The minimum absolute atomic E-state index is 0.109. The van der Waals surface area contributed by atoms with Crippen LogP contribution >= 0.6 is 0 Å². The van der Waals surface area contributed by atoms with Crippen molar-refractivity contribution in [3.8, 4) is 0 Å². The summed E-state index contributed by atoms with van der Waals surface area (Å²) >= 11 is 0. The highest BCUT2D eigenvalue weighted by Crippen LogP contribution is 2.26. The fraction of sp³-hybridized carbons (Fsp3) is 0.684. The van der Waals surface area contributed by atoms with E-state index < -0.39 is 0 Å². The van der Waals surface area contributed by atoms with Gasteiger partial charge in [0.15, 0.2) is 0 Å². The molecule has 0 bridgehead atoms. The number of morpholine rings is 1. The van der Waals surface area contributed by atoms with Crippen molar-refractivity contribution in [2.75, 3.05) is 37.7 Å². The number of aliphatic hydroxyl groups is 1. The topological polar surface area (TPSA) is 44.7 Å². The first-order valence-corrected chi connectivity index (χ1v) is 9.17. The average molecular weight is 336 g/mol. The van der Waals surface area contributed by atoms with Crippen molar-refractivity contribution in [2.24, 2.45) is 5.92 Å². The third kappa shape index (κ3) is 4.47. The molecule has 1 aromatic rings. The molecule has 134 valence electrons. The first kappa shape index (κ1) is 17.6. The van der Waals surface area contributed by atoms with Crippen molar-refractivity contribution in [3.63, 3.8) is 0 Å². The third-order valence-corrected chi connectivity index (χ3v) is 5.29. The molecule has 1 aliphatic heterocycles. The van der Waals surface area contributed by atoms with Crippen molar-refractivity contribution in [2.45, 2.75) is 44.8 Å². The average Bonchev–Trinajstić information content (AvgIpc) is 2.60. The van der Waals surface area contributed by atoms with E-state index in [1.807, 2.05) is 17.0 Å². The highest BCUT2D eigenvalue weighted by atomic mass is 19.1. The van der Waals surface area contributed by atoms with Crippen molar-refractivity contribution >= 4 is 5.69 Å². The Bertz CT molecular complexity index is 534. The quantitative estimate of drug-likeness (QED) is 0.868. The van der Waals surface area contributed by atoms with Crippen LogP contribution in [0.5, 0.6) is 0 Å². The number of nitrogens with zero attached hydrogens (tertiary/aromatic N) is 1. The van der Waals surface area contributed by atoms with E-state index in [2.05, 4.69) is 12.2 Å². The van der Waals surface area contributed by atoms with Gasteiger partial charge in [0.1, 0.15) is 5.82 Å². The lowest BCUT2D eigenvalue weighted by Crippen LogP contribution is -2.36. The van der Waals surface area contributed by atoms with Crippen LogP contribution in [0.25, 0.3) is 0 Å². The van der Waals surface area contributed by atoms with Crippen LogP contribution in [0.3, 0.4) is 0 Å². The Morgan fingerprint density at radius 1 is 1.33 bits per heavy atom. The molecule has 4 nitrogen and oxygen atoms in total. The van der Waals surface area contributed by atoms with Gasteiger partial charge in [-0.25, -0.2) is 4.39 Å². The maximum Gasteiger partial charge on any atom is 0.146 e. The van der Waals surface area contributed by atoms with Crippen LogP contribution < -0.4 is 10.2 Å². The molecule has 1 saturated heterocycles. The number of benzene rings is 1. The van der Waals surface area contributed by atoms with E-state index in [9.17, 15) is 9.50 Å². The molecule has 0 aromatic heterocycles. The molecule has 0 spiro atoms. The van der Waals surface area contributed by atoms with E-state index in [0.29, 0.717) is 24.8 Å². The highest BCUT2D eigenvalue weighted by Gasteiger charge is 2.21. The molecule has 1 aliphatic carbocycles. The van der Waals surface area contributed by atoms with Crippen LogP contribution in [0.2, 0.25) is 0 Å². The van der Waals surface area contributed by atoms with Gasteiger partial charge in [0.2, 0.25) is 0 Å². The lowest BCUT2D eigenvalue weighted by Gasteiger charge is -2.30. The summed E-state index contributed by atoms with van der Waals surface area (Å²) in [6.45, 7) is 5.76. The summed E-state index contributed by atoms with van der Waals surface area (Å²) in [6, 6.07) is 5.66. The molecule has 5 heteroatoms. The molecule has 1 saturated carbocycles. The number of hydrogen-bond acceptors (Lipinski definition) is 4. The normalized spacial score (nSPS) is 26.4. The molecule has 0 amide bonds. The van der Waals surface area contributed by atoms with Crippen LogP contribution in [-0.2, 0) is 4.74 Å². The van der Waals surface area contributed by atoms with Gasteiger partial charge in [-0.15, -0.1) is 0 Å². The molecule has 0 radical (unpaired) electrons. The van der Waals surface area contributed by atoms with E-state index in [4.69, 9.17) is 4.74 Å². The van der Waals surface area contributed by atoms with Gasteiger partial charge in [0.05, 0.1) is 25.0 Å². The number of anilines is 1. The standard InChI is InChI=1S/C19H29FN2O2/c1-14(21-13-15-3-2-4-17(23)11-15)16-5-6-19(18(20)12-16)22-7-9-24-10-8-22/h5-6,12,14-15,17,21,23H,2-4,7-11,13H2,1H3. The number of halogens is 1. The molecular formula is C19H29FN2O2. The van der Waals surface area contributed by atoms with Gasteiger partial charge >= 0.3 is 0 Å². The second-order valence-corrected chi connectivity index (χ2v) is 7.13. The van der Waals surface area contributed by atoms with Gasteiger partial charge in [0, 0.05) is 19.1 Å². The van der Waals surface area contributed by atoms with Crippen molar-refractivity contribution in [1.29, 1.82) is 0 Å². The lowest BCUT2D eigenvalue weighted by molar-refractivity contribution is 0.0998. The van der Waals surface area contributed by atoms with E-state index in [0.717, 1.165) is 44.5 Å². The molecule has 3 atom stereocenters. The van der Waals surface area contributed by atoms with Crippen LogP contribution in [0.15, 0.2) is 18.2 Å². The molecular weight excluding hydrogens is 307 g/mol. The Hall–Kier alpha value is -1.17. The Balaban J connectivity index is 1.56. The predicted octanol–water partition coefficient (Wildman–Crippen LogP) is 2.86. The summed E-state index contributed by atoms with van der Waals surface area (Å²) in [5, 5.41) is 13.3. The minimum Gasteiger partial charge on any atom is -0.393 e. The Kier molecular flexibility index (Phi) is 6.09. The van der Waals surface area contributed by atoms with Crippen LogP contribution in [0.4, 0.5) is 10.1 Å². The van der Waals surface area contributed by atoms with E-state index in [1.54, 1.807) is 6.07 Å². The zero-order chi connectivity index (χ0) is 16.9. The fourth-order valence-corrected chi connectivity index (χ4v) is 3.76. The summed E-state index contributed by atoms with van der Waals surface area (Å²) in [5.74, 6) is 0.366. The zero-order valence-corrected chi connectivity index (χ0v) is 14.5. The summed E-state index contributed by atoms with van der Waals surface area (Å²) in [5.41, 5.74) is 1.64. The Labute approximate surface area is 144 Å². The smallest absolute Gasteiger partial charge is 0.146 e. The summed E-state index contributed by atoms with van der Waals surface area (Å²) in [7, 11) is 0. The molecule has 2 aliphatic rings. The maximum atomic E-state index is 14.5. The number of rotatable bonds is 5. The van der Waals surface area contributed by atoms with Gasteiger partial charge in [-0.1, -0.05) is 12.5 Å². The second kappa shape index (κ2) is 8.28. The predicted molar refractivity (Wildman–Crippen MR) is 93.8 cm³/mol. The first-order chi connectivity index (χ1) is 11.6. The molecule has 1 heterocycles. The summed E-state index contributed by atoms with van der Waals surface area (Å²) in [6.07, 6.45) is 3.93. The zero-order valence-electron chi connectivity index (χ0n) is 14.5. The minimum atomic E-state index is -0.156. The van der Waals surface area contributed by atoms with Gasteiger partial charge < -0.3 is 20.1 Å². The second-order valence-electron chi connectivity index (χ2n) is 7.13. The maximum absolute atomic E-state index is 14.5. The number of aliphatic hydroxyl groups excluding tert-OH is 1. The van der Waals surface area contributed by atoms with Gasteiger partial charge in [-0.05, 0) is 56.3 Å².